The molecule has 3 atom stereocenters. The summed E-state index contributed by atoms with van der Waals surface area (Å²) in [5, 5.41) is 17.8. The molecule has 6 nitrogen and oxygen atoms in total. The Kier molecular flexibility index (Phi) is 6.83. The molecule has 1 heterocycles. The van der Waals surface area contributed by atoms with Crippen LogP contribution in [-0.2, 0) is 16.0 Å². The van der Waals surface area contributed by atoms with Crippen LogP contribution in [-0.4, -0.2) is 53.5 Å². The van der Waals surface area contributed by atoms with Gasteiger partial charge in [-0.25, -0.2) is 0 Å². The van der Waals surface area contributed by atoms with Crippen LogP contribution in [0.2, 0.25) is 0 Å². The van der Waals surface area contributed by atoms with Gasteiger partial charge in [-0.3, -0.25) is 0 Å². The average Bonchev–Trinajstić information content (AvgIpc) is 2.98. The minimum absolute atomic E-state index is 0.0210. The van der Waals surface area contributed by atoms with Gasteiger partial charge in [-0.2, -0.15) is 0 Å². The summed E-state index contributed by atoms with van der Waals surface area (Å²) in [5.74, 6) is -1.24. The van der Waals surface area contributed by atoms with Crippen molar-refractivity contribution in [2.75, 3.05) is 6.54 Å². The van der Waals surface area contributed by atoms with Crippen LogP contribution in [0.4, 0.5) is 0 Å². The predicted octanol–water partition coefficient (Wildman–Crippen LogP) is 2.59. The molecule has 7 heteroatoms. The number of hydrogen-bond donors (Lipinski definition) is 1. The van der Waals surface area contributed by atoms with Crippen molar-refractivity contribution >= 4 is 25.4 Å². The number of aliphatic carboxylic acids is 1. The van der Waals surface area contributed by atoms with Crippen LogP contribution in [0.25, 0.3) is 0 Å². The topological polar surface area (TPSA) is 82.3 Å². The second-order valence-electron chi connectivity index (χ2n) is 6.76. The van der Waals surface area contributed by atoms with E-state index in [9.17, 15) is 14.7 Å². The van der Waals surface area contributed by atoms with Gasteiger partial charge < -0.3 is 0 Å². The van der Waals surface area contributed by atoms with Crippen molar-refractivity contribution in [2.24, 2.45) is 16.1 Å². The molecule has 0 bridgehead atoms. The number of carbonyl (C=O) groups excluding carboxylic acids is 1. The van der Waals surface area contributed by atoms with Crippen molar-refractivity contribution in [1.82, 2.24) is 4.90 Å². The molecule has 1 N–H and O–H groups in total. The molecule has 0 radical (unpaired) electrons. The number of carboxylic acids is 1. The van der Waals surface area contributed by atoms with Crippen LogP contribution >= 0.6 is 0 Å². The van der Waals surface area contributed by atoms with Gasteiger partial charge in [0.2, 0.25) is 0 Å². The molecule has 1 aromatic rings. The van der Waals surface area contributed by atoms with Gasteiger partial charge in [0.05, 0.1) is 0 Å². The Labute approximate surface area is 155 Å². The molecule has 0 aromatic heterocycles. The van der Waals surface area contributed by atoms with Gasteiger partial charge in [-0.05, 0) is 0 Å². The molecule has 1 aliphatic heterocycles. The molecule has 0 saturated carbocycles. The second kappa shape index (κ2) is 8.87. The Balaban J connectivity index is 2.21. The standard InChI is InChI=1S/C19H26BN3O3/c1-4-14(2)19(21-22-20-3)12-13-23(18(19)26)16(17(24)25)11-10-15-8-6-5-7-9-15/h5-9,14,16H,3-4,10-13H2,1-2H3,(H,24,25)/t14?,16-,19-/m0/s1. The Bertz CT molecular complexity index is 680. The minimum atomic E-state index is -0.983. The number of aryl methyl sites for hydroxylation is 1. The second-order valence-corrected chi connectivity index (χ2v) is 6.76. The molecule has 1 aliphatic rings. The van der Waals surface area contributed by atoms with E-state index in [0.717, 1.165) is 12.0 Å². The number of nitrogens with zero attached hydrogens (tertiary/aromatic N) is 3. The summed E-state index contributed by atoms with van der Waals surface area (Å²) in [6, 6.07) is 8.85. The molecule has 26 heavy (non-hydrogen) atoms. The van der Waals surface area contributed by atoms with Crippen molar-refractivity contribution in [2.45, 2.75) is 51.1 Å². The average molecular weight is 355 g/mol. The Morgan fingerprint density at radius 1 is 1.42 bits per heavy atom. The first-order valence-electron chi connectivity index (χ1n) is 9.07. The Hall–Kier alpha value is -2.31. The molecule has 1 aromatic carbocycles. The summed E-state index contributed by atoms with van der Waals surface area (Å²) in [7, 11) is 1.31. The number of amides is 1. The normalized spacial score (nSPS) is 22.4. The quantitative estimate of drug-likeness (QED) is 0.546. The Morgan fingerprint density at radius 3 is 2.69 bits per heavy atom. The molecule has 2 rings (SSSR count). The van der Waals surface area contributed by atoms with Crippen LogP contribution in [0.1, 0.15) is 38.7 Å². The van der Waals surface area contributed by atoms with Gasteiger partial charge in [-0.15, -0.1) is 0 Å². The monoisotopic (exact) mass is 355 g/mol. The van der Waals surface area contributed by atoms with E-state index in [0.29, 0.717) is 25.8 Å². The molecule has 1 fully saturated rings. The summed E-state index contributed by atoms with van der Waals surface area (Å²) >= 11 is 0. The van der Waals surface area contributed by atoms with E-state index < -0.39 is 17.6 Å². The van der Waals surface area contributed by atoms with Gasteiger partial charge in [0, 0.05) is 0 Å². The molecule has 1 amide bonds. The molecule has 1 saturated heterocycles. The molecule has 0 spiro atoms. The molecule has 1 unspecified atom stereocenters. The van der Waals surface area contributed by atoms with Crippen LogP contribution in [0, 0.1) is 5.92 Å². The summed E-state index contributed by atoms with van der Waals surface area (Å²) < 4.78 is 0. The predicted molar refractivity (Wildman–Crippen MR) is 102 cm³/mol. The van der Waals surface area contributed by atoms with E-state index >= 15 is 0 Å². The van der Waals surface area contributed by atoms with Gasteiger partial charge >= 0.3 is 155 Å². The van der Waals surface area contributed by atoms with Gasteiger partial charge in [0.15, 0.2) is 0 Å². The first kappa shape index (κ1) is 20.0. The first-order chi connectivity index (χ1) is 12.5. The maximum absolute atomic E-state index is 13.2. The first-order valence-corrected chi connectivity index (χ1v) is 9.07. The zero-order valence-electron chi connectivity index (χ0n) is 15.5. The third-order valence-corrected chi connectivity index (χ3v) is 5.32. The van der Waals surface area contributed by atoms with E-state index in [4.69, 9.17) is 0 Å². The number of hydrogen-bond acceptors (Lipinski definition) is 4. The number of likely N-dealkylation sites (tertiary alicyclic amines) is 1. The summed E-state index contributed by atoms with van der Waals surface area (Å²) in [6.07, 6.45) is 2.22. The van der Waals surface area contributed by atoms with Gasteiger partial charge in [0.25, 0.3) is 0 Å². The molecule has 138 valence electrons. The zero-order valence-corrected chi connectivity index (χ0v) is 15.5. The van der Waals surface area contributed by atoms with Crippen molar-refractivity contribution in [1.29, 1.82) is 0 Å². The summed E-state index contributed by atoms with van der Waals surface area (Å²) in [5.41, 5.74) is 0.0774. The zero-order chi connectivity index (χ0) is 19.2. The summed E-state index contributed by atoms with van der Waals surface area (Å²) in [4.78, 5) is 26.5. The number of carboxylic acid groups (broad SMARTS) is 1. The van der Waals surface area contributed by atoms with E-state index in [2.05, 4.69) is 16.6 Å². The van der Waals surface area contributed by atoms with E-state index in [-0.39, 0.29) is 11.8 Å². The Morgan fingerprint density at radius 2 is 2.12 bits per heavy atom. The molecular formula is C19H26BN3O3. The van der Waals surface area contributed by atoms with Crippen LogP contribution in [0.3, 0.4) is 0 Å². The number of carbonyl (C=O) groups is 2. The molecular weight excluding hydrogens is 329 g/mol. The van der Waals surface area contributed by atoms with Crippen LogP contribution in [0.15, 0.2) is 40.5 Å². The van der Waals surface area contributed by atoms with Crippen LogP contribution < -0.4 is 0 Å². The number of rotatable bonds is 9. The van der Waals surface area contributed by atoms with Crippen LogP contribution in [0.5, 0.6) is 0 Å². The summed E-state index contributed by atoms with van der Waals surface area (Å²) in [6.45, 7) is 7.87. The van der Waals surface area contributed by atoms with Crippen molar-refractivity contribution in [3.63, 3.8) is 0 Å². The van der Waals surface area contributed by atoms with E-state index in [1.165, 1.54) is 12.0 Å². The SMILES string of the molecule is C=BN=N[C@]1(C(C)CC)CCN([C@@H](CCc2ccccc2)C(=O)O)C1=O. The third kappa shape index (κ3) is 4.08. The van der Waals surface area contributed by atoms with Crippen molar-refractivity contribution < 1.29 is 14.7 Å². The fourth-order valence-electron chi connectivity index (χ4n) is 3.54. The van der Waals surface area contributed by atoms with Crippen molar-refractivity contribution in [3.8, 4) is 0 Å². The third-order valence-electron chi connectivity index (χ3n) is 5.32. The fourth-order valence-corrected chi connectivity index (χ4v) is 3.54. The van der Waals surface area contributed by atoms with E-state index in [1.807, 2.05) is 44.2 Å². The van der Waals surface area contributed by atoms with Crippen molar-refractivity contribution in [3.05, 3.63) is 35.9 Å². The molecule has 0 aliphatic carbocycles. The number of benzene rings is 1. The fraction of sp³-hybridized carbons (Fsp3) is 0.526. The van der Waals surface area contributed by atoms with Gasteiger partial charge in [-0.1, -0.05) is 0 Å². The van der Waals surface area contributed by atoms with Gasteiger partial charge in [0.1, 0.15) is 0 Å². The maximum atomic E-state index is 13.2. The van der Waals surface area contributed by atoms with E-state index in [1.54, 1.807) is 0 Å².